The second-order valence-electron chi connectivity index (χ2n) is 4.23. The van der Waals surface area contributed by atoms with Crippen LogP contribution >= 0.6 is 0 Å². The number of amides is 1. The van der Waals surface area contributed by atoms with Gasteiger partial charge in [-0.05, 0) is 38.8 Å². The van der Waals surface area contributed by atoms with Crippen LogP contribution in [-0.4, -0.2) is 32.7 Å². The lowest BCUT2D eigenvalue weighted by Crippen LogP contribution is -2.41. The van der Waals surface area contributed by atoms with Crippen molar-refractivity contribution in [3.05, 3.63) is 0 Å². The first kappa shape index (κ1) is 10.9. The van der Waals surface area contributed by atoms with Crippen molar-refractivity contribution < 1.29 is 13.2 Å². The van der Waals surface area contributed by atoms with Crippen molar-refractivity contribution in [1.82, 2.24) is 10.0 Å². The Kier molecular flexibility index (Phi) is 2.97. The molecule has 1 saturated carbocycles. The maximum atomic E-state index is 11.6. The summed E-state index contributed by atoms with van der Waals surface area (Å²) >= 11 is 0. The summed E-state index contributed by atoms with van der Waals surface area (Å²) in [4.78, 5) is 11.6. The van der Waals surface area contributed by atoms with E-state index in [1.807, 2.05) is 0 Å². The molecule has 0 bridgehead atoms. The molecule has 2 N–H and O–H groups in total. The van der Waals surface area contributed by atoms with E-state index in [-0.39, 0.29) is 17.1 Å². The number of hydrogen-bond acceptors (Lipinski definition) is 4. The van der Waals surface area contributed by atoms with Crippen molar-refractivity contribution in [2.45, 2.75) is 30.9 Å². The van der Waals surface area contributed by atoms with E-state index in [1.54, 1.807) is 0 Å². The first-order chi connectivity index (χ1) is 7.09. The van der Waals surface area contributed by atoms with Crippen LogP contribution in [0.2, 0.25) is 0 Å². The van der Waals surface area contributed by atoms with Crippen molar-refractivity contribution in [2.24, 2.45) is 5.92 Å². The van der Waals surface area contributed by atoms with Crippen LogP contribution in [0.4, 0.5) is 0 Å². The highest BCUT2D eigenvalue weighted by molar-refractivity contribution is 7.90. The van der Waals surface area contributed by atoms with E-state index in [9.17, 15) is 13.2 Å². The largest absolute Gasteiger partial charge is 0.317 e. The van der Waals surface area contributed by atoms with Crippen LogP contribution in [0.15, 0.2) is 0 Å². The molecule has 1 saturated heterocycles. The van der Waals surface area contributed by atoms with Gasteiger partial charge in [-0.2, -0.15) is 0 Å². The van der Waals surface area contributed by atoms with Gasteiger partial charge in [0.25, 0.3) is 0 Å². The zero-order chi connectivity index (χ0) is 10.9. The predicted octanol–water partition coefficient (Wildman–Crippen LogP) is -0.406. The Morgan fingerprint density at radius 2 is 1.73 bits per heavy atom. The molecule has 1 amide bonds. The van der Waals surface area contributed by atoms with Crippen molar-refractivity contribution in [2.75, 3.05) is 13.1 Å². The normalized spacial score (nSPS) is 23.7. The molecule has 0 aromatic heterocycles. The zero-order valence-electron chi connectivity index (χ0n) is 8.53. The van der Waals surface area contributed by atoms with E-state index < -0.39 is 10.0 Å². The zero-order valence-corrected chi connectivity index (χ0v) is 9.35. The number of piperidine rings is 1. The maximum Gasteiger partial charge on any atom is 0.237 e. The Bertz CT molecular complexity index is 342. The molecule has 15 heavy (non-hydrogen) atoms. The summed E-state index contributed by atoms with van der Waals surface area (Å²) in [6.07, 6.45) is 2.84. The minimum absolute atomic E-state index is 0.139. The molecule has 6 heteroatoms. The molecular weight excluding hydrogens is 216 g/mol. The van der Waals surface area contributed by atoms with Gasteiger partial charge in [0.1, 0.15) is 0 Å². The van der Waals surface area contributed by atoms with Crippen molar-refractivity contribution in [1.29, 1.82) is 0 Å². The average Bonchev–Trinajstić information content (AvgIpc) is 3.01. The van der Waals surface area contributed by atoms with Gasteiger partial charge in [0, 0.05) is 5.92 Å². The second-order valence-corrected chi connectivity index (χ2v) is 6.20. The fraction of sp³-hybridized carbons (Fsp3) is 0.889. The molecule has 86 valence electrons. The van der Waals surface area contributed by atoms with Crippen molar-refractivity contribution >= 4 is 15.9 Å². The van der Waals surface area contributed by atoms with E-state index in [2.05, 4.69) is 10.0 Å². The van der Waals surface area contributed by atoms with Gasteiger partial charge in [-0.3, -0.25) is 9.52 Å². The third-order valence-corrected chi connectivity index (χ3v) is 4.75. The van der Waals surface area contributed by atoms with Gasteiger partial charge in [-0.15, -0.1) is 0 Å². The molecule has 0 spiro atoms. The lowest BCUT2D eigenvalue weighted by molar-refractivity contribution is -0.123. The molecule has 2 rings (SSSR count). The molecule has 1 aliphatic carbocycles. The Balaban J connectivity index is 1.90. The summed E-state index contributed by atoms with van der Waals surface area (Å²) in [5.74, 6) is -0.455. The van der Waals surface area contributed by atoms with Gasteiger partial charge in [0.05, 0.1) is 5.25 Å². The summed E-state index contributed by atoms with van der Waals surface area (Å²) in [5, 5.41) is 2.82. The Labute approximate surface area is 89.7 Å². The Morgan fingerprint density at radius 3 is 2.27 bits per heavy atom. The number of carbonyl (C=O) groups excluding carboxylic acids is 1. The van der Waals surface area contributed by atoms with Crippen LogP contribution in [0.25, 0.3) is 0 Å². The van der Waals surface area contributed by atoms with Crippen LogP contribution < -0.4 is 10.0 Å². The lowest BCUT2D eigenvalue weighted by Gasteiger charge is -2.21. The molecule has 0 aromatic carbocycles. The van der Waals surface area contributed by atoms with Crippen LogP contribution in [0, 0.1) is 5.92 Å². The van der Waals surface area contributed by atoms with E-state index in [1.165, 1.54) is 0 Å². The molecule has 2 fully saturated rings. The Hall–Kier alpha value is -0.620. The highest BCUT2D eigenvalue weighted by Crippen LogP contribution is 2.27. The van der Waals surface area contributed by atoms with E-state index in [0.29, 0.717) is 12.8 Å². The minimum atomic E-state index is -3.36. The SMILES string of the molecule is O=C(NS(=O)(=O)C1CC1)C1CCNCC1. The molecule has 0 unspecified atom stereocenters. The summed E-state index contributed by atoms with van der Waals surface area (Å²) < 4.78 is 25.2. The number of hydrogen-bond donors (Lipinski definition) is 2. The quantitative estimate of drug-likeness (QED) is 0.694. The molecule has 0 radical (unpaired) electrons. The summed E-state index contributed by atoms with van der Waals surface area (Å²) in [6.45, 7) is 1.59. The summed E-state index contributed by atoms with van der Waals surface area (Å²) in [6, 6.07) is 0. The van der Waals surface area contributed by atoms with Crippen molar-refractivity contribution in [3.63, 3.8) is 0 Å². The van der Waals surface area contributed by atoms with Gasteiger partial charge >= 0.3 is 0 Å². The van der Waals surface area contributed by atoms with Gasteiger partial charge < -0.3 is 5.32 Å². The number of sulfonamides is 1. The molecule has 1 heterocycles. The molecular formula is C9H16N2O3S. The highest BCUT2D eigenvalue weighted by atomic mass is 32.2. The number of rotatable bonds is 3. The highest BCUT2D eigenvalue weighted by Gasteiger charge is 2.37. The molecule has 2 aliphatic rings. The standard InChI is InChI=1S/C9H16N2O3S/c12-9(7-3-5-10-6-4-7)11-15(13,14)8-1-2-8/h7-8,10H,1-6H2,(H,11,12). The monoisotopic (exact) mass is 232 g/mol. The average molecular weight is 232 g/mol. The fourth-order valence-corrected chi connectivity index (χ4v) is 3.14. The topological polar surface area (TPSA) is 75.3 Å². The number of nitrogens with one attached hydrogen (secondary N) is 2. The number of carbonyl (C=O) groups is 1. The van der Waals surface area contributed by atoms with Crippen LogP contribution in [0.3, 0.4) is 0 Å². The van der Waals surface area contributed by atoms with Gasteiger partial charge in [0.15, 0.2) is 0 Å². The van der Waals surface area contributed by atoms with Gasteiger partial charge in [0.2, 0.25) is 15.9 Å². The predicted molar refractivity (Wildman–Crippen MR) is 55.7 cm³/mol. The first-order valence-electron chi connectivity index (χ1n) is 5.36. The van der Waals surface area contributed by atoms with Crippen LogP contribution in [0.5, 0.6) is 0 Å². The third kappa shape index (κ3) is 2.69. The molecule has 1 aliphatic heterocycles. The van der Waals surface area contributed by atoms with E-state index in [4.69, 9.17) is 0 Å². The van der Waals surface area contributed by atoms with Crippen LogP contribution in [-0.2, 0) is 14.8 Å². The van der Waals surface area contributed by atoms with Crippen molar-refractivity contribution in [3.8, 4) is 0 Å². The van der Waals surface area contributed by atoms with Gasteiger partial charge in [-0.1, -0.05) is 0 Å². The maximum absolute atomic E-state index is 11.6. The smallest absolute Gasteiger partial charge is 0.237 e. The molecule has 0 aromatic rings. The van der Waals surface area contributed by atoms with Crippen LogP contribution in [0.1, 0.15) is 25.7 Å². The minimum Gasteiger partial charge on any atom is -0.317 e. The van der Waals surface area contributed by atoms with Gasteiger partial charge in [-0.25, -0.2) is 8.42 Å². The summed E-state index contributed by atoms with van der Waals surface area (Å²) in [5.41, 5.74) is 0. The van der Waals surface area contributed by atoms with E-state index >= 15 is 0 Å². The lowest BCUT2D eigenvalue weighted by atomic mass is 9.98. The fourth-order valence-electron chi connectivity index (χ4n) is 1.77. The summed E-state index contributed by atoms with van der Waals surface area (Å²) in [7, 11) is -3.36. The first-order valence-corrected chi connectivity index (χ1v) is 6.90. The second kappa shape index (κ2) is 4.09. The van der Waals surface area contributed by atoms with E-state index in [0.717, 1.165) is 25.9 Å². The molecule has 5 nitrogen and oxygen atoms in total. The third-order valence-electron chi connectivity index (χ3n) is 2.92. The molecule has 0 atom stereocenters. The Morgan fingerprint density at radius 1 is 1.13 bits per heavy atom.